The van der Waals surface area contributed by atoms with Crippen molar-refractivity contribution in [2.45, 2.75) is 33.3 Å². The molecule has 1 aliphatic rings. The number of rotatable bonds is 1. The van der Waals surface area contributed by atoms with E-state index in [0.29, 0.717) is 42.8 Å². The number of halogens is 1. The van der Waals surface area contributed by atoms with Crippen molar-refractivity contribution >= 4 is 22.7 Å². The first-order valence-electron chi connectivity index (χ1n) is 8.03. The van der Waals surface area contributed by atoms with Crippen LogP contribution in [-0.4, -0.2) is 47.9 Å². The van der Waals surface area contributed by atoms with Crippen LogP contribution in [-0.2, 0) is 4.74 Å². The first kappa shape index (κ1) is 16.5. The first-order chi connectivity index (χ1) is 11.2. The third-order valence-corrected chi connectivity index (χ3v) is 3.98. The van der Waals surface area contributed by atoms with Crippen molar-refractivity contribution in [3.8, 4) is 0 Å². The van der Waals surface area contributed by atoms with Gasteiger partial charge in [0, 0.05) is 37.9 Å². The smallest absolute Gasteiger partial charge is 0.410 e. The first-order valence-corrected chi connectivity index (χ1v) is 8.03. The number of hydrogen-bond donors (Lipinski definition) is 0. The SMILES string of the molecule is Cc1noc2cc(N3CCN(C(=O)OC(C)(C)C)CC3)cc(F)c12. The molecule has 0 atom stereocenters. The summed E-state index contributed by atoms with van der Waals surface area (Å²) in [5.41, 5.74) is 1.22. The number of ether oxygens (including phenoxy) is 1. The largest absolute Gasteiger partial charge is 0.444 e. The Morgan fingerprint density at radius 1 is 1.25 bits per heavy atom. The number of fused-ring (bicyclic) bond motifs is 1. The van der Waals surface area contributed by atoms with Crippen LogP contribution >= 0.6 is 0 Å². The van der Waals surface area contributed by atoms with Crippen molar-refractivity contribution in [3.05, 3.63) is 23.6 Å². The molecule has 1 saturated heterocycles. The molecule has 1 aliphatic heterocycles. The molecule has 0 aliphatic carbocycles. The third kappa shape index (κ3) is 3.29. The summed E-state index contributed by atoms with van der Waals surface area (Å²) in [6, 6.07) is 3.29. The Hall–Kier alpha value is -2.31. The van der Waals surface area contributed by atoms with Gasteiger partial charge in [-0.3, -0.25) is 0 Å². The monoisotopic (exact) mass is 335 g/mol. The topological polar surface area (TPSA) is 58.8 Å². The molecule has 6 nitrogen and oxygen atoms in total. The van der Waals surface area contributed by atoms with Crippen LogP contribution in [0.1, 0.15) is 26.5 Å². The lowest BCUT2D eigenvalue weighted by Gasteiger charge is -2.36. The summed E-state index contributed by atoms with van der Waals surface area (Å²) in [4.78, 5) is 15.8. The third-order valence-electron chi connectivity index (χ3n) is 3.98. The van der Waals surface area contributed by atoms with E-state index in [4.69, 9.17) is 9.26 Å². The molecule has 1 fully saturated rings. The van der Waals surface area contributed by atoms with Crippen molar-refractivity contribution in [3.63, 3.8) is 0 Å². The molecule has 7 heteroatoms. The van der Waals surface area contributed by atoms with E-state index in [1.54, 1.807) is 17.9 Å². The number of aromatic nitrogens is 1. The fraction of sp³-hybridized carbons (Fsp3) is 0.529. The Labute approximate surface area is 140 Å². The summed E-state index contributed by atoms with van der Waals surface area (Å²) in [7, 11) is 0. The number of hydrogen-bond acceptors (Lipinski definition) is 5. The Morgan fingerprint density at radius 2 is 1.92 bits per heavy atom. The Morgan fingerprint density at radius 3 is 2.54 bits per heavy atom. The van der Waals surface area contributed by atoms with Gasteiger partial charge in [-0.15, -0.1) is 0 Å². The summed E-state index contributed by atoms with van der Waals surface area (Å²) < 4.78 is 24.8. The van der Waals surface area contributed by atoms with Gasteiger partial charge < -0.3 is 19.1 Å². The second kappa shape index (κ2) is 5.96. The molecule has 0 unspecified atom stereocenters. The Balaban J connectivity index is 1.70. The van der Waals surface area contributed by atoms with Gasteiger partial charge >= 0.3 is 6.09 Å². The molecule has 1 aromatic heterocycles. The highest BCUT2D eigenvalue weighted by atomic mass is 19.1. The predicted octanol–water partition coefficient (Wildman–Crippen LogP) is 3.33. The second-order valence-corrected chi connectivity index (χ2v) is 7.02. The van der Waals surface area contributed by atoms with Crippen LogP contribution in [0.25, 0.3) is 11.0 Å². The number of benzene rings is 1. The zero-order valence-electron chi connectivity index (χ0n) is 14.4. The van der Waals surface area contributed by atoms with Crippen molar-refractivity contribution in [1.29, 1.82) is 0 Å². The van der Waals surface area contributed by atoms with E-state index >= 15 is 0 Å². The molecule has 1 amide bonds. The lowest BCUT2D eigenvalue weighted by atomic mass is 10.1. The number of amides is 1. The molecule has 2 heterocycles. The van der Waals surface area contributed by atoms with E-state index in [1.807, 2.05) is 25.7 Å². The molecular weight excluding hydrogens is 313 g/mol. The van der Waals surface area contributed by atoms with Crippen molar-refractivity contribution < 1.29 is 18.4 Å². The summed E-state index contributed by atoms with van der Waals surface area (Å²) in [5.74, 6) is -0.337. The van der Waals surface area contributed by atoms with Crippen LogP contribution in [0, 0.1) is 12.7 Å². The molecule has 0 spiro atoms. The van der Waals surface area contributed by atoms with Crippen molar-refractivity contribution in [1.82, 2.24) is 10.1 Å². The second-order valence-electron chi connectivity index (χ2n) is 7.02. The van der Waals surface area contributed by atoms with Crippen LogP contribution in [0.2, 0.25) is 0 Å². The normalized spacial score (nSPS) is 15.9. The molecular formula is C17H22FN3O3. The minimum absolute atomic E-state index is 0.311. The Kier molecular flexibility index (Phi) is 4.11. The maximum Gasteiger partial charge on any atom is 0.410 e. The summed E-state index contributed by atoms with van der Waals surface area (Å²) in [6.45, 7) is 9.53. The molecule has 2 aromatic rings. The zero-order chi connectivity index (χ0) is 17.5. The number of carbonyl (C=O) groups excluding carboxylic acids is 1. The van der Waals surface area contributed by atoms with Crippen molar-refractivity contribution in [2.24, 2.45) is 0 Å². The lowest BCUT2D eigenvalue weighted by Crippen LogP contribution is -2.50. The molecule has 0 radical (unpaired) electrons. The van der Waals surface area contributed by atoms with E-state index in [9.17, 15) is 9.18 Å². The van der Waals surface area contributed by atoms with Crippen LogP contribution in [0.15, 0.2) is 16.7 Å². The minimum Gasteiger partial charge on any atom is -0.444 e. The lowest BCUT2D eigenvalue weighted by molar-refractivity contribution is 0.0240. The van der Waals surface area contributed by atoms with Gasteiger partial charge in [0.25, 0.3) is 0 Å². The molecule has 0 bridgehead atoms. The van der Waals surface area contributed by atoms with E-state index in [1.165, 1.54) is 6.07 Å². The minimum atomic E-state index is -0.507. The van der Waals surface area contributed by atoms with Crippen molar-refractivity contribution in [2.75, 3.05) is 31.1 Å². The Bertz CT molecular complexity index is 758. The zero-order valence-corrected chi connectivity index (χ0v) is 14.4. The molecule has 1 aromatic carbocycles. The average molecular weight is 335 g/mol. The summed E-state index contributed by atoms with van der Waals surface area (Å²) >= 11 is 0. The predicted molar refractivity (Wildman–Crippen MR) is 88.7 cm³/mol. The highest BCUT2D eigenvalue weighted by molar-refractivity contribution is 5.83. The molecule has 0 saturated carbocycles. The quantitative estimate of drug-likeness (QED) is 0.800. The summed E-state index contributed by atoms with van der Waals surface area (Å²) in [5, 5.41) is 4.23. The van der Waals surface area contributed by atoms with E-state index in [-0.39, 0.29) is 11.9 Å². The fourth-order valence-corrected chi connectivity index (χ4v) is 2.81. The van der Waals surface area contributed by atoms with Gasteiger partial charge in [-0.05, 0) is 33.8 Å². The van der Waals surface area contributed by atoms with Gasteiger partial charge in [0.1, 0.15) is 11.4 Å². The summed E-state index contributed by atoms with van der Waals surface area (Å²) in [6.07, 6.45) is -0.311. The highest BCUT2D eigenvalue weighted by Crippen LogP contribution is 2.28. The molecule has 3 rings (SSSR count). The van der Waals surface area contributed by atoms with Crippen LogP contribution < -0.4 is 4.90 Å². The van der Waals surface area contributed by atoms with Gasteiger partial charge in [-0.25, -0.2) is 9.18 Å². The van der Waals surface area contributed by atoms with Gasteiger partial charge in [-0.1, -0.05) is 5.16 Å². The maximum absolute atomic E-state index is 14.3. The van der Waals surface area contributed by atoms with Gasteiger partial charge in [0.2, 0.25) is 0 Å². The number of anilines is 1. The maximum atomic E-state index is 14.3. The number of aryl methyl sites for hydroxylation is 1. The van der Waals surface area contributed by atoms with E-state index in [0.717, 1.165) is 5.69 Å². The van der Waals surface area contributed by atoms with Crippen LogP contribution in [0.4, 0.5) is 14.9 Å². The van der Waals surface area contributed by atoms with Gasteiger partial charge in [0.15, 0.2) is 5.58 Å². The number of nitrogens with zero attached hydrogens (tertiary/aromatic N) is 3. The van der Waals surface area contributed by atoms with Gasteiger partial charge in [-0.2, -0.15) is 0 Å². The number of carbonyl (C=O) groups is 1. The molecule has 0 N–H and O–H groups in total. The molecule has 130 valence electrons. The van der Waals surface area contributed by atoms with E-state index < -0.39 is 5.60 Å². The van der Waals surface area contributed by atoms with E-state index in [2.05, 4.69) is 5.16 Å². The molecule has 24 heavy (non-hydrogen) atoms. The number of piperazine rings is 1. The highest BCUT2D eigenvalue weighted by Gasteiger charge is 2.26. The van der Waals surface area contributed by atoms with Crippen LogP contribution in [0.3, 0.4) is 0 Å². The fourth-order valence-electron chi connectivity index (χ4n) is 2.81. The van der Waals surface area contributed by atoms with Crippen LogP contribution in [0.5, 0.6) is 0 Å². The standard InChI is InChI=1S/C17H22FN3O3/c1-11-15-13(18)9-12(10-14(15)24-19-11)20-5-7-21(8-6-20)16(22)23-17(2,3)4/h9-10H,5-8H2,1-4H3. The average Bonchev–Trinajstić information content (AvgIpc) is 2.87. The van der Waals surface area contributed by atoms with Gasteiger partial charge in [0.05, 0.1) is 11.1 Å².